The molecule has 0 saturated heterocycles. The molecule has 0 unspecified atom stereocenters. The summed E-state index contributed by atoms with van der Waals surface area (Å²) in [5, 5.41) is 0. The van der Waals surface area contributed by atoms with Gasteiger partial charge < -0.3 is 4.74 Å². The fraction of sp³-hybridized carbons (Fsp3) is 0.273. The van der Waals surface area contributed by atoms with Gasteiger partial charge in [-0.2, -0.15) is 17.6 Å². The molecule has 0 aliphatic heterocycles. The lowest BCUT2D eigenvalue weighted by Gasteiger charge is -2.13. The number of hydrogen-bond donors (Lipinski definition) is 0. The molecule has 0 saturated carbocycles. The second-order valence-electron chi connectivity index (χ2n) is 2.95. The molecule has 88 valence electrons. The number of hydrogen-bond acceptors (Lipinski definition) is 1. The van der Waals surface area contributed by atoms with E-state index in [0.29, 0.717) is 0 Å². The SMILES string of the molecule is CCO/C(F)=C(/c1ccccc1)C(F)(F)F. The monoisotopic (exact) mass is 234 g/mol. The highest BCUT2D eigenvalue weighted by Gasteiger charge is 2.39. The molecule has 0 aliphatic rings. The number of alkyl halides is 3. The molecule has 16 heavy (non-hydrogen) atoms. The van der Waals surface area contributed by atoms with Crippen LogP contribution in [0.3, 0.4) is 0 Å². The van der Waals surface area contributed by atoms with Gasteiger partial charge >= 0.3 is 6.18 Å². The molecule has 0 amide bonds. The second-order valence-corrected chi connectivity index (χ2v) is 2.95. The lowest BCUT2D eigenvalue weighted by atomic mass is 10.1. The van der Waals surface area contributed by atoms with Crippen molar-refractivity contribution in [2.45, 2.75) is 13.1 Å². The Hall–Kier alpha value is -1.52. The molecule has 0 N–H and O–H groups in total. The number of halogens is 4. The van der Waals surface area contributed by atoms with Crippen molar-refractivity contribution in [1.82, 2.24) is 0 Å². The molecular formula is C11H10F4O. The first-order valence-corrected chi connectivity index (χ1v) is 4.62. The Morgan fingerprint density at radius 1 is 1.19 bits per heavy atom. The molecule has 0 atom stereocenters. The predicted molar refractivity (Wildman–Crippen MR) is 52.2 cm³/mol. The van der Waals surface area contributed by atoms with Crippen molar-refractivity contribution in [3.8, 4) is 0 Å². The van der Waals surface area contributed by atoms with E-state index < -0.39 is 17.8 Å². The van der Waals surface area contributed by atoms with Gasteiger partial charge in [0.25, 0.3) is 6.01 Å². The topological polar surface area (TPSA) is 9.23 Å². The minimum absolute atomic E-state index is 0.155. The average molecular weight is 234 g/mol. The summed E-state index contributed by atoms with van der Waals surface area (Å²) >= 11 is 0. The largest absolute Gasteiger partial charge is 0.471 e. The van der Waals surface area contributed by atoms with E-state index >= 15 is 0 Å². The highest BCUT2D eigenvalue weighted by Crippen LogP contribution is 2.36. The number of rotatable bonds is 3. The Labute approximate surface area is 90.3 Å². The number of benzene rings is 1. The van der Waals surface area contributed by atoms with Crippen molar-refractivity contribution in [3.05, 3.63) is 41.9 Å². The predicted octanol–water partition coefficient (Wildman–Crippen LogP) is 3.92. The molecule has 0 bridgehead atoms. The lowest BCUT2D eigenvalue weighted by molar-refractivity contribution is -0.0730. The summed E-state index contributed by atoms with van der Waals surface area (Å²) in [5.41, 5.74) is -1.63. The van der Waals surface area contributed by atoms with E-state index in [2.05, 4.69) is 4.74 Å². The summed E-state index contributed by atoms with van der Waals surface area (Å²) in [4.78, 5) is 0. The molecule has 0 fully saturated rings. The Kier molecular flexibility index (Phi) is 3.93. The Balaban J connectivity index is 3.22. The summed E-state index contributed by atoms with van der Waals surface area (Å²) in [6.07, 6.45) is -4.78. The summed E-state index contributed by atoms with van der Waals surface area (Å²) in [6.45, 7) is 1.26. The van der Waals surface area contributed by atoms with Crippen LogP contribution in [0.1, 0.15) is 12.5 Å². The number of allylic oxidation sites excluding steroid dienone is 1. The molecular weight excluding hydrogens is 224 g/mol. The van der Waals surface area contributed by atoms with Crippen LogP contribution in [0, 0.1) is 0 Å². The van der Waals surface area contributed by atoms with Crippen LogP contribution in [0.4, 0.5) is 17.6 Å². The van der Waals surface area contributed by atoms with Gasteiger partial charge in [-0.25, -0.2) is 0 Å². The zero-order valence-electron chi connectivity index (χ0n) is 8.51. The fourth-order valence-corrected chi connectivity index (χ4v) is 1.19. The summed E-state index contributed by atoms with van der Waals surface area (Å²) in [6, 6.07) is 5.13. The van der Waals surface area contributed by atoms with Crippen LogP contribution in [0.15, 0.2) is 36.3 Å². The molecule has 0 heterocycles. The third-order valence-electron chi connectivity index (χ3n) is 1.81. The third kappa shape index (κ3) is 2.98. The van der Waals surface area contributed by atoms with Gasteiger partial charge in [0.05, 0.1) is 6.61 Å². The maximum atomic E-state index is 13.2. The minimum atomic E-state index is -4.78. The molecule has 1 rings (SSSR count). The molecule has 1 nitrogen and oxygen atoms in total. The zero-order valence-corrected chi connectivity index (χ0v) is 8.51. The van der Waals surface area contributed by atoms with Crippen molar-refractivity contribution < 1.29 is 22.3 Å². The fourth-order valence-electron chi connectivity index (χ4n) is 1.19. The smallest absolute Gasteiger partial charge is 0.422 e. The van der Waals surface area contributed by atoms with Crippen LogP contribution >= 0.6 is 0 Å². The first-order chi connectivity index (χ1) is 7.46. The normalized spacial score (nSPS) is 13.3. The first-order valence-electron chi connectivity index (χ1n) is 4.62. The Bertz CT molecular complexity index is 367. The van der Waals surface area contributed by atoms with Crippen LogP contribution in [0.2, 0.25) is 0 Å². The van der Waals surface area contributed by atoms with E-state index in [1.807, 2.05) is 0 Å². The highest BCUT2D eigenvalue weighted by atomic mass is 19.4. The van der Waals surface area contributed by atoms with E-state index in [4.69, 9.17) is 0 Å². The van der Waals surface area contributed by atoms with Gasteiger partial charge in [0.1, 0.15) is 5.57 Å². The summed E-state index contributed by atoms with van der Waals surface area (Å²) < 4.78 is 55.3. The van der Waals surface area contributed by atoms with Crippen molar-refractivity contribution in [1.29, 1.82) is 0 Å². The maximum absolute atomic E-state index is 13.2. The van der Waals surface area contributed by atoms with Crippen LogP contribution in [0.5, 0.6) is 0 Å². The van der Waals surface area contributed by atoms with E-state index in [9.17, 15) is 17.6 Å². The van der Waals surface area contributed by atoms with E-state index in [1.165, 1.54) is 31.2 Å². The van der Waals surface area contributed by atoms with Gasteiger partial charge in [-0.1, -0.05) is 30.3 Å². The van der Waals surface area contributed by atoms with Crippen LogP contribution < -0.4 is 0 Å². The van der Waals surface area contributed by atoms with E-state index in [-0.39, 0.29) is 12.2 Å². The summed E-state index contributed by atoms with van der Waals surface area (Å²) in [7, 11) is 0. The molecule has 1 aromatic carbocycles. The maximum Gasteiger partial charge on any atom is 0.422 e. The highest BCUT2D eigenvalue weighted by molar-refractivity contribution is 5.70. The van der Waals surface area contributed by atoms with E-state index in [0.717, 1.165) is 0 Å². The zero-order chi connectivity index (χ0) is 12.2. The Morgan fingerprint density at radius 2 is 1.75 bits per heavy atom. The third-order valence-corrected chi connectivity index (χ3v) is 1.81. The van der Waals surface area contributed by atoms with Gasteiger partial charge in [0.15, 0.2) is 0 Å². The van der Waals surface area contributed by atoms with Crippen LogP contribution in [-0.2, 0) is 4.74 Å². The van der Waals surface area contributed by atoms with Gasteiger partial charge in [0.2, 0.25) is 0 Å². The minimum Gasteiger partial charge on any atom is -0.471 e. The molecule has 0 aromatic heterocycles. The first kappa shape index (κ1) is 12.5. The Morgan fingerprint density at radius 3 is 2.19 bits per heavy atom. The van der Waals surface area contributed by atoms with Crippen LogP contribution in [0.25, 0.3) is 5.57 Å². The lowest BCUT2D eigenvalue weighted by Crippen LogP contribution is -2.13. The molecule has 0 aliphatic carbocycles. The molecule has 0 spiro atoms. The average Bonchev–Trinajstić information content (AvgIpc) is 2.17. The standard InChI is InChI=1S/C11H10F4O/c1-2-16-10(12)9(11(13,14)15)8-6-4-3-5-7-8/h3-7H,2H2,1H3/b10-9-. The molecule has 1 aromatic rings. The van der Waals surface area contributed by atoms with Crippen molar-refractivity contribution >= 4 is 5.57 Å². The van der Waals surface area contributed by atoms with Crippen molar-refractivity contribution in [3.63, 3.8) is 0 Å². The molecule has 0 radical (unpaired) electrons. The second kappa shape index (κ2) is 5.01. The quantitative estimate of drug-likeness (QED) is 0.568. The van der Waals surface area contributed by atoms with Gasteiger partial charge in [0, 0.05) is 0 Å². The molecule has 5 heteroatoms. The van der Waals surface area contributed by atoms with Crippen molar-refractivity contribution in [2.75, 3.05) is 6.61 Å². The summed E-state index contributed by atoms with van der Waals surface area (Å²) in [5.74, 6) is 0. The van der Waals surface area contributed by atoms with E-state index in [1.54, 1.807) is 6.07 Å². The van der Waals surface area contributed by atoms with Crippen LogP contribution in [-0.4, -0.2) is 12.8 Å². The van der Waals surface area contributed by atoms with Crippen molar-refractivity contribution in [2.24, 2.45) is 0 Å². The number of ether oxygens (including phenoxy) is 1. The van der Waals surface area contributed by atoms with Gasteiger partial charge in [-0.3, -0.25) is 0 Å². The van der Waals surface area contributed by atoms with Gasteiger partial charge in [-0.15, -0.1) is 0 Å². The van der Waals surface area contributed by atoms with Gasteiger partial charge in [-0.05, 0) is 12.5 Å².